The van der Waals surface area contributed by atoms with Gasteiger partial charge in [0, 0.05) is 20.3 Å². The van der Waals surface area contributed by atoms with Gasteiger partial charge in [-0.15, -0.1) is 0 Å². The van der Waals surface area contributed by atoms with Crippen molar-refractivity contribution in [3.8, 4) is 0 Å². The molecule has 3 N–H and O–H groups in total. The monoisotopic (exact) mass is 224 g/mol. The van der Waals surface area contributed by atoms with Gasteiger partial charge in [-0.05, 0) is 12.8 Å². The summed E-state index contributed by atoms with van der Waals surface area (Å²) in [6, 6.07) is 0. The second kappa shape index (κ2) is 4.54. The molecule has 0 radical (unpaired) electrons. The maximum atomic E-state index is 11.3. The molecule has 0 aliphatic carbocycles. The number of rotatable bonds is 4. The Hall–Kier alpha value is -0.210. The van der Waals surface area contributed by atoms with Crippen LogP contribution in [0.2, 0.25) is 0 Å². The van der Waals surface area contributed by atoms with Crippen molar-refractivity contribution in [3.05, 3.63) is 0 Å². The van der Waals surface area contributed by atoms with Crippen LogP contribution in [0.15, 0.2) is 0 Å². The second-order valence-corrected chi connectivity index (χ2v) is 4.98. The van der Waals surface area contributed by atoms with Crippen molar-refractivity contribution in [2.45, 2.75) is 18.4 Å². The Bertz CT molecular complexity index is 271. The van der Waals surface area contributed by atoms with Crippen LogP contribution in [-0.2, 0) is 14.9 Å². The minimum absolute atomic E-state index is 0.211. The molecule has 1 aliphatic heterocycles. The number of nitrogens with one attached hydrogen (secondary N) is 2. The second-order valence-electron chi connectivity index (χ2n) is 3.36. The fourth-order valence-corrected chi connectivity index (χ4v) is 2.33. The van der Waals surface area contributed by atoms with Crippen molar-refractivity contribution in [1.29, 1.82) is 0 Å². The first-order valence-corrected chi connectivity index (χ1v) is 5.93. The van der Waals surface area contributed by atoms with E-state index < -0.39 is 15.7 Å². The molecule has 1 heterocycles. The summed E-state index contributed by atoms with van der Waals surface area (Å²) in [5.74, 6) is 0. The molecule has 1 rings (SSSR count). The average Bonchev–Trinajstić information content (AvgIpc) is 2.19. The Morgan fingerprint density at radius 3 is 2.43 bits per heavy atom. The van der Waals surface area contributed by atoms with Crippen LogP contribution in [0.5, 0.6) is 0 Å². The first-order valence-electron chi connectivity index (χ1n) is 4.45. The van der Waals surface area contributed by atoms with Crippen LogP contribution in [0.4, 0.5) is 0 Å². The Morgan fingerprint density at radius 1 is 1.43 bits per heavy atom. The van der Waals surface area contributed by atoms with Crippen LogP contribution in [0.25, 0.3) is 0 Å². The predicted octanol–water partition coefficient (Wildman–Crippen LogP) is -1.42. The summed E-state index contributed by atoms with van der Waals surface area (Å²) in [6.45, 7) is 0.719. The van der Waals surface area contributed by atoms with E-state index in [-0.39, 0.29) is 6.61 Å². The van der Waals surface area contributed by atoms with E-state index in [1.54, 1.807) is 0 Å². The lowest BCUT2D eigenvalue weighted by atomic mass is 9.93. The van der Waals surface area contributed by atoms with Crippen molar-refractivity contribution in [1.82, 2.24) is 9.44 Å². The summed E-state index contributed by atoms with van der Waals surface area (Å²) in [5.41, 5.74) is -0.764. The van der Waals surface area contributed by atoms with Gasteiger partial charge in [0.25, 0.3) is 10.2 Å². The van der Waals surface area contributed by atoms with Gasteiger partial charge in [0.2, 0.25) is 0 Å². The van der Waals surface area contributed by atoms with Crippen molar-refractivity contribution in [2.75, 3.05) is 26.9 Å². The molecule has 0 unspecified atom stereocenters. The molecule has 0 amide bonds. The van der Waals surface area contributed by atoms with Crippen molar-refractivity contribution in [3.63, 3.8) is 0 Å². The van der Waals surface area contributed by atoms with E-state index in [2.05, 4.69) is 9.44 Å². The van der Waals surface area contributed by atoms with E-state index in [4.69, 9.17) is 4.74 Å². The summed E-state index contributed by atoms with van der Waals surface area (Å²) < 4.78 is 32.2. The zero-order valence-corrected chi connectivity index (χ0v) is 8.93. The van der Waals surface area contributed by atoms with Gasteiger partial charge in [0.05, 0.1) is 12.1 Å². The van der Waals surface area contributed by atoms with Crippen LogP contribution < -0.4 is 9.44 Å². The minimum atomic E-state index is -3.51. The molecule has 1 aliphatic rings. The topological polar surface area (TPSA) is 87.7 Å². The summed E-state index contributed by atoms with van der Waals surface area (Å²) >= 11 is 0. The molecule has 1 saturated heterocycles. The zero-order valence-electron chi connectivity index (χ0n) is 8.12. The number of hydrogen-bond donors (Lipinski definition) is 3. The van der Waals surface area contributed by atoms with Gasteiger partial charge in [-0.3, -0.25) is 0 Å². The molecule has 0 aromatic heterocycles. The van der Waals surface area contributed by atoms with Crippen LogP contribution >= 0.6 is 0 Å². The summed E-state index contributed by atoms with van der Waals surface area (Å²) in [4.78, 5) is 0. The number of aliphatic hydroxyl groups is 1. The lowest BCUT2D eigenvalue weighted by Crippen LogP contribution is -2.56. The lowest BCUT2D eigenvalue weighted by Gasteiger charge is -2.35. The summed E-state index contributed by atoms with van der Waals surface area (Å²) in [7, 11) is -2.18. The maximum Gasteiger partial charge on any atom is 0.277 e. The van der Waals surface area contributed by atoms with E-state index in [0.717, 1.165) is 0 Å². The molecule has 6 nitrogen and oxygen atoms in total. The molecule has 1 fully saturated rings. The Kier molecular flexibility index (Phi) is 3.85. The van der Waals surface area contributed by atoms with Gasteiger partial charge in [0.1, 0.15) is 0 Å². The first kappa shape index (κ1) is 11.9. The minimum Gasteiger partial charge on any atom is -0.394 e. The zero-order chi connectivity index (χ0) is 10.7. The summed E-state index contributed by atoms with van der Waals surface area (Å²) in [5, 5.41) is 9.19. The highest BCUT2D eigenvalue weighted by atomic mass is 32.2. The van der Waals surface area contributed by atoms with E-state index in [1.807, 2.05) is 0 Å². The third-order valence-electron chi connectivity index (χ3n) is 2.37. The van der Waals surface area contributed by atoms with E-state index in [9.17, 15) is 13.5 Å². The lowest BCUT2D eigenvalue weighted by molar-refractivity contribution is 0.0221. The van der Waals surface area contributed by atoms with Crippen molar-refractivity contribution in [2.24, 2.45) is 0 Å². The Labute approximate surface area is 83.8 Å². The van der Waals surface area contributed by atoms with Gasteiger partial charge in [-0.2, -0.15) is 13.1 Å². The molecule has 14 heavy (non-hydrogen) atoms. The van der Waals surface area contributed by atoms with Crippen LogP contribution in [0.1, 0.15) is 12.8 Å². The van der Waals surface area contributed by atoms with Gasteiger partial charge in [0.15, 0.2) is 0 Å². The third kappa shape index (κ3) is 2.89. The highest BCUT2D eigenvalue weighted by molar-refractivity contribution is 7.87. The largest absolute Gasteiger partial charge is 0.394 e. The molecule has 0 saturated carbocycles. The molecular weight excluding hydrogens is 208 g/mol. The molecule has 0 atom stereocenters. The van der Waals surface area contributed by atoms with Gasteiger partial charge in [-0.1, -0.05) is 0 Å². The maximum absolute atomic E-state index is 11.3. The third-order valence-corrected chi connectivity index (χ3v) is 3.61. The molecule has 0 aromatic rings. The average molecular weight is 224 g/mol. The highest BCUT2D eigenvalue weighted by Crippen LogP contribution is 2.20. The van der Waals surface area contributed by atoms with Crippen LogP contribution in [-0.4, -0.2) is 45.9 Å². The van der Waals surface area contributed by atoms with Gasteiger partial charge >= 0.3 is 0 Å². The van der Waals surface area contributed by atoms with E-state index in [1.165, 1.54) is 7.05 Å². The first-order chi connectivity index (χ1) is 6.54. The smallest absolute Gasteiger partial charge is 0.277 e. The fourth-order valence-electron chi connectivity index (χ4n) is 1.39. The SMILES string of the molecule is CNS(=O)(=O)NC1(CO)CCOCC1. The van der Waals surface area contributed by atoms with Crippen molar-refractivity contribution < 1.29 is 18.3 Å². The van der Waals surface area contributed by atoms with Crippen LogP contribution in [0, 0.1) is 0 Å². The Morgan fingerprint density at radius 2 is 2.00 bits per heavy atom. The van der Waals surface area contributed by atoms with E-state index in [0.29, 0.717) is 26.1 Å². The number of hydrogen-bond acceptors (Lipinski definition) is 4. The normalized spacial score (nSPS) is 22.1. The molecule has 84 valence electrons. The summed E-state index contributed by atoms with van der Waals surface area (Å²) in [6.07, 6.45) is 0.981. The highest BCUT2D eigenvalue weighted by Gasteiger charge is 2.35. The van der Waals surface area contributed by atoms with Gasteiger partial charge in [-0.25, -0.2) is 4.72 Å². The quantitative estimate of drug-likeness (QED) is 0.547. The number of aliphatic hydroxyl groups excluding tert-OH is 1. The number of ether oxygens (including phenoxy) is 1. The van der Waals surface area contributed by atoms with Crippen LogP contribution in [0.3, 0.4) is 0 Å². The molecule has 0 bridgehead atoms. The standard InChI is InChI=1S/C7H16N2O4S/c1-8-14(11,12)9-7(6-10)2-4-13-5-3-7/h8-10H,2-6H2,1H3. The molecule has 7 heteroatoms. The molecule has 0 spiro atoms. The van der Waals surface area contributed by atoms with Gasteiger partial charge < -0.3 is 9.84 Å². The predicted molar refractivity (Wildman–Crippen MR) is 51.0 cm³/mol. The molecule has 0 aromatic carbocycles. The Balaban J connectivity index is 2.70. The molecular formula is C7H16N2O4S. The fraction of sp³-hybridized carbons (Fsp3) is 1.00. The van der Waals surface area contributed by atoms with Crippen molar-refractivity contribution >= 4 is 10.2 Å². The van der Waals surface area contributed by atoms with E-state index >= 15 is 0 Å².